The number of carbonyl (C=O) groups is 2. The Morgan fingerprint density at radius 2 is 1.83 bits per heavy atom. The molecule has 1 atom stereocenters. The smallest absolute Gasteiger partial charge is 0.335 e. The van der Waals surface area contributed by atoms with Gasteiger partial charge in [0.05, 0.1) is 16.3 Å². The highest BCUT2D eigenvalue weighted by molar-refractivity contribution is 8.15. The molecule has 158 valence electrons. The molecule has 1 N–H and O–H groups in total. The number of anilines is 2. The molecule has 2 amide bonds. The zero-order chi connectivity index (χ0) is 22.1. The minimum atomic E-state index is -4.61. The van der Waals surface area contributed by atoms with E-state index in [9.17, 15) is 22.8 Å². The van der Waals surface area contributed by atoms with Crippen LogP contribution in [0.3, 0.4) is 0 Å². The van der Waals surface area contributed by atoms with Crippen LogP contribution in [0.2, 0.25) is 10.0 Å². The number of thioether (sulfide) groups is 1. The Hall–Kier alpha value is -2.23. The lowest BCUT2D eigenvalue weighted by molar-refractivity contribution is -0.137. The lowest BCUT2D eigenvalue weighted by Gasteiger charge is -2.16. The van der Waals surface area contributed by atoms with E-state index in [1.807, 2.05) is 0 Å². The standard InChI is InChI=1S/C19H14Cl2F3N3O2S/c1-25-18(26-11-4-7-14(21)13(8-11)19(22,23)24)30-15-9-16(28)27(17(15)29)12-5-2-10(20)3-6-12/h2-8,15H,9H2,1H3,(H,25,26)/t15-/m1/s1. The molecule has 3 rings (SSSR count). The van der Waals surface area contributed by atoms with Gasteiger partial charge in [-0.15, -0.1) is 0 Å². The summed E-state index contributed by atoms with van der Waals surface area (Å²) in [5, 5.41) is 2.21. The third-order valence-electron chi connectivity index (χ3n) is 4.17. The van der Waals surface area contributed by atoms with Gasteiger partial charge in [-0.1, -0.05) is 35.0 Å². The van der Waals surface area contributed by atoms with Crippen molar-refractivity contribution < 1.29 is 22.8 Å². The minimum Gasteiger partial charge on any atom is -0.335 e. The Labute approximate surface area is 184 Å². The highest BCUT2D eigenvalue weighted by Crippen LogP contribution is 2.37. The van der Waals surface area contributed by atoms with Crippen LogP contribution in [0.25, 0.3) is 0 Å². The van der Waals surface area contributed by atoms with Crippen molar-refractivity contribution in [1.29, 1.82) is 0 Å². The van der Waals surface area contributed by atoms with Crippen LogP contribution in [0.4, 0.5) is 24.5 Å². The molecule has 1 aliphatic rings. The second-order valence-corrected chi connectivity index (χ2v) is 8.24. The summed E-state index contributed by atoms with van der Waals surface area (Å²) in [6.07, 6.45) is -4.68. The number of hydrogen-bond acceptors (Lipinski definition) is 4. The van der Waals surface area contributed by atoms with Gasteiger partial charge in [-0.3, -0.25) is 14.6 Å². The molecule has 0 unspecified atom stereocenters. The number of alkyl halides is 3. The maximum Gasteiger partial charge on any atom is 0.417 e. The number of hydrogen-bond donors (Lipinski definition) is 1. The van der Waals surface area contributed by atoms with Crippen molar-refractivity contribution in [2.75, 3.05) is 17.3 Å². The third-order valence-corrected chi connectivity index (χ3v) is 5.91. The average Bonchev–Trinajstić information content (AvgIpc) is 2.96. The first-order valence-corrected chi connectivity index (χ1v) is 10.1. The van der Waals surface area contributed by atoms with E-state index in [2.05, 4.69) is 10.3 Å². The number of benzene rings is 2. The van der Waals surface area contributed by atoms with E-state index in [1.165, 1.54) is 13.1 Å². The van der Waals surface area contributed by atoms with E-state index >= 15 is 0 Å². The average molecular weight is 476 g/mol. The summed E-state index contributed by atoms with van der Waals surface area (Å²) in [5.74, 6) is -0.830. The number of nitrogens with zero attached hydrogens (tertiary/aromatic N) is 2. The molecule has 0 bridgehead atoms. The first-order valence-electron chi connectivity index (χ1n) is 8.49. The molecule has 2 aromatic rings. The van der Waals surface area contributed by atoms with Crippen molar-refractivity contribution >= 4 is 63.3 Å². The predicted molar refractivity (Wildman–Crippen MR) is 113 cm³/mol. The minimum absolute atomic E-state index is 0.0682. The molecule has 5 nitrogen and oxygen atoms in total. The monoisotopic (exact) mass is 475 g/mol. The molecule has 0 radical (unpaired) electrons. The quantitative estimate of drug-likeness (QED) is 0.363. The summed E-state index contributed by atoms with van der Waals surface area (Å²) in [6, 6.07) is 9.60. The molecule has 0 spiro atoms. The van der Waals surface area contributed by atoms with Crippen LogP contribution >= 0.6 is 35.0 Å². The highest BCUT2D eigenvalue weighted by atomic mass is 35.5. The molecule has 1 saturated heterocycles. The number of amidine groups is 1. The Bertz CT molecular complexity index is 1010. The maximum atomic E-state index is 13.1. The summed E-state index contributed by atoms with van der Waals surface area (Å²) in [5.41, 5.74) is -0.491. The lowest BCUT2D eigenvalue weighted by atomic mass is 10.2. The Balaban J connectivity index is 1.75. The van der Waals surface area contributed by atoms with E-state index in [4.69, 9.17) is 23.2 Å². The molecule has 0 aromatic heterocycles. The molecular formula is C19H14Cl2F3N3O2S. The normalized spacial score (nSPS) is 17.6. The highest BCUT2D eigenvalue weighted by Gasteiger charge is 2.41. The second-order valence-electron chi connectivity index (χ2n) is 6.20. The first kappa shape index (κ1) is 22.5. The topological polar surface area (TPSA) is 61.8 Å². The number of carbonyl (C=O) groups excluding carboxylic acids is 2. The van der Waals surface area contributed by atoms with Gasteiger partial charge in [0.25, 0.3) is 0 Å². The number of imide groups is 1. The van der Waals surface area contributed by atoms with E-state index in [1.54, 1.807) is 24.3 Å². The van der Waals surface area contributed by atoms with Crippen LogP contribution in [0.15, 0.2) is 47.5 Å². The molecule has 11 heteroatoms. The predicted octanol–water partition coefficient (Wildman–Crippen LogP) is 5.48. The SMILES string of the molecule is CN=C(Nc1ccc(Cl)c(C(F)(F)F)c1)S[C@@H]1CC(=O)N(c2ccc(Cl)cc2)C1=O. The van der Waals surface area contributed by atoms with E-state index in [-0.39, 0.29) is 23.2 Å². The van der Waals surface area contributed by atoms with Crippen molar-refractivity contribution in [3.63, 3.8) is 0 Å². The second kappa shape index (κ2) is 8.87. The summed E-state index contributed by atoms with van der Waals surface area (Å²) in [4.78, 5) is 30.1. The number of aliphatic imine (C=N–C) groups is 1. The van der Waals surface area contributed by atoms with E-state index in [0.717, 1.165) is 28.8 Å². The van der Waals surface area contributed by atoms with Crippen LogP contribution in [0.5, 0.6) is 0 Å². The van der Waals surface area contributed by atoms with Gasteiger partial charge in [0.15, 0.2) is 5.17 Å². The fourth-order valence-corrected chi connectivity index (χ4v) is 4.11. The zero-order valence-corrected chi connectivity index (χ0v) is 17.7. The van der Waals surface area contributed by atoms with Crippen LogP contribution in [-0.4, -0.2) is 29.3 Å². The van der Waals surface area contributed by atoms with Crippen LogP contribution in [-0.2, 0) is 15.8 Å². The Morgan fingerprint density at radius 3 is 2.43 bits per heavy atom. The number of rotatable bonds is 3. The van der Waals surface area contributed by atoms with Crippen molar-refractivity contribution in [1.82, 2.24) is 0 Å². The van der Waals surface area contributed by atoms with Gasteiger partial charge in [0, 0.05) is 24.2 Å². The number of halogens is 5. The molecule has 1 fully saturated rings. The van der Waals surface area contributed by atoms with E-state index < -0.39 is 27.9 Å². The molecule has 1 heterocycles. The van der Waals surface area contributed by atoms with Gasteiger partial charge in [-0.2, -0.15) is 13.2 Å². The molecular weight excluding hydrogens is 462 g/mol. The molecule has 0 aliphatic carbocycles. The van der Waals surface area contributed by atoms with Crippen molar-refractivity contribution in [3.05, 3.63) is 58.1 Å². The van der Waals surface area contributed by atoms with Crippen LogP contribution in [0.1, 0.15) is 12.0 Å². The van der Waals surface area contributed by atoms with E-state index in [0.29, 0.717) is 10.7 Å². The first-order chi connectivity index (χ1) is 14.1. The maximum absolute atomic E-state index is 13.1. The fourth-order valence-electron chi connectivity index (χ4n) is 2.77. The van der Waals surface area contributed by atoms with Crippen molar-refractivity contribution in [3.8, 4) is 0 Å². The summed E-state index contributed by atoms with van der Waals surface area (Å²) >= 11 is 12.4. The third kappa shape index (κ3) is 4.91. The number of amides is 2. The Kier molecular flexibility index (Phi) is 6.64. The Morgan fingerprint density at radius 1 is 1.17 bits per heavy atom. The van der Waals surface area contributed by atoms with Gasteiger partial charge in [-0.25, -0.2) is 4.90 Å². The zero-order valence-electron chi connectivity index (χ0n) is 15.3. The largest absolute Gasteiger partial charge is 0.417 e. The van der Waals surface area contributed by atoms with Crippen LogP contribution < -0.4 is 10.2 Å². The summed E-state index contributed by atoms with van der Waals surface area (Å²) < 4.78 is 39.2. The molecule has 2 aromatic carbocycles. The molecule has 30 heavy (non-hydrogen) atoms. The van der Waals surface area contributed by atoms with Gasteiger partial charge in [0.1, 0.15) is 5.25 Å². The van der Waals surface area contributed by atoms with Gasteiger partial charge < -0.3 is 5.32 Å². The van der Waals surface area contributed by atoms with Crippen molar-refractivity contribution in [2.45, 2.75) is 17.8 Å². The molecule has 1 aliphatic heterocycles. The number of nitrogens with one attached hydrogen (secondary N) is 1. The summed E-state index contributed by atoms with van der Waals surface area (Å²) in [6.45, 7) is 0. The lowest BCUT2D eigenvalue weighted by Crippen LogP contribution is -2.31. The summed E-state index contributed by atoms with van der Waals surface area (Å²) in [7, 11) is 1.42. The fraction of sp³-hybridized carbons (Fsp3) is 0.211. The van der Waals surface area contributed by atoms with Gasteiger partial charge >= 0.3 is 6.18 Å². The van der Waals surface area contributed by atoms with Crippen molar-refractivity contribution in [2.24, 2.45) is 4.99 Å². The van der Waals surface area contributed by atoms with Gasteiger partial charge in [0.2, 0.25) is 11.8 Å². The molecule has 0 saturated carbocycles. The van der Waals surface area contributed by atoms with Gasteiger partial charge in [-0.05, 0) is 42.5 Å². The van der Waals surface area contributed by atoms with Crippen LogP contribution in [0, 0.1) is 0 Å².